The summed E-state index contributed by atoms with van der Waals surface area (Å²) in [6.07, 6.45) is 9.46. The van der Waals surface area contributed by atoms with Crippen LogP contribution in [0.2, 0.25) is 0 Å². The van der Waals surface area contributed by atoms with Crippen LogP contribution >= 0.6 is 0 Å². The van der Waals surface area contributed by atoms with Gasteiger partial charge < -0.3 is 15.4 Å². The molecule has 0 aliphatic rings. The summed E-state index contributed by atoms with van der Waals surface area (Å²) in [6.45, 7) is 20.3. The molecule has 1 amide bonds. The monoisotopic (exact) mass is 345 g/mol. The van der Waals surface area contributed by atoms with E-state index < -0.39 is 5.91 Å². The van der Waals surface area contributed by atoms with Crippen LogP contribution < -0.4 is 5.73 Å². The first-order valence-electron chi connectivity index (χ1n) is 7.18. The predicted molar refractivity (Wildman–Crippen MR) is 102 cm³/mol. The van der Waals surface area contributed by atoms with Crippen LogP contribution in [0.1, 0.15) is 6.92 Å². The van der Waals surface area contributed by atoms with E-state index in [9.17, 15) is 9.59 Å². The van der Waals surface area contributed by atoms with E-state index in [1.165, 1.54) is 6.08 Å². The van der Waals surface area contributed by atoms with Gasteiger partial charge in [0.15, 0.2) is 0 Å². The fourth-order valence-corrected chi connectivity index (χ4v) is 0.967. The van der Waals surface area contributed by atoms with Crippen molar-refractivity contribution in [2.45, 2.75) is 6.92 Å². The summed E-state index contributed by atoms with van der Waals surface area (Å²) in [6, 6.07) is 1.69. The second-order valence-corrected chi connectivity index (χ2v) is 4.23. The molecular formula is C19H27N3O3. The SMILES string of the molecule is C=CC#N.C=CC(N)=O.C=CCN(C=CCOC(=O)C(=C)C)CC=C. The molecule has 0 aromatic heterocycles. The molecule has 0 fully saturated rings. The first-order chi connectivity index (χ1) is 11.8. The Labute approximate surface area is 150 Å². The van der Waals surface area contributed by atoms with Crippen LogP contribution in [0.15, 0.2) is 75.0 Å². The topological polar surface area (TPSA) is 96.4 Å². The van der Waals surface area contributed by atoms with Crippen molar-refractivity contribution in [3.63, 3.8) is 0 Å². The van der Waals surface area contributed by atoms with E-state index in [4.69, 9.17) is 10.00 Å². The number of primary amides is 1. The van der Waals surface area contributed by atoms with E-state index in [2.05, 4.69) is 38.6 Å². The molecule has 0 heterocycles. The Kier molecular flexibility index (Phi) is 22.0. The van der Waals surface area contributed by atoms with E-state index in [0.717, 1.165) is 19.2 Å². The number of carbonyl (C=O) groups is 2. The summed E-state index contributed by atoms with van der Waals surface area (Å²) < 4.78 is 4.91. The zero-order valence-electron chi connectivity index (χ0n) is 14.8. The number of hydrogen-bond donors (Lipinski definition) is 1. The number of amides is 1. The van der Waals surface area contributed by atoms with Crippen LogP contribution in [0.25, 0.3) is 0 Å². The van der Waals surface area contributed by atoms with Crippen LogP contribution in [-0.4, -0.2) is 36.5 Å². The summed E-state index contributed by atoms with van der Waals surface area (Å²) in [5.41, 5.74) is 4.94. The molecule has 0 rings (SSSR count). The van der Waals surface area contributed by atoms with Gasteiger partial charge in [-0.2, -0.15) is 5.26 Å². The van der Waals surface area contributed by atoms with Gasteiger partial charge in [-0.25, -0.2) is 4.79 Å². The highest BCUT2D eigenvalue weighted by Gasteiger charge is 2.00. The normalized spacial score (nSPS) is 8.16. The summed E-state index contributed by atoms with van der Waals surface area (Å²) in [7, 11) is 0. The third kappa shape index (κ3) is 25.9. The lowest BCUT2D eigenvalue weighted by molar-refractivity contribution is -0.137. The lowest BCUT2D eigenvalue weighted by Crippen LogP contribution is -2.17. The molecule has 0 saturated heterocycles. The summed E-state index contributed by atoms with van der Waals surface area (Å²) in [5, 5.41) is 7.51. The van der Waals surface area contributed by atoms with Crippen LogP contribution in [0, 0.1) is 11.3 Å². The molecule has 0 atom stereocenters. The van der Waals surface area contributed by atoms with Gasteiger partial charge in [-0.3, -0.25) is 4.79 Å². The van der Waals surface area contributed by atoms with Crippen molar-refractivity contribution < 1.29 is 14.3 Å². The van der Waals surface area contributed by atoms with Gasteiger partial charge in [-0.1, -0.05) is 31.9 Å². The third-order valence-corrected chi connectivity index (χ3v) is 2.00. The second-order valence-electron chi connectivity index (χ2n) is 4.23. The highest BCUT2D eigenvalue weighted by molar-refractivity contribution is 5.87. The summed E-state index contributed by atoms with van der Waals surface area (Å²) in [5.74, 6) is -0.853. The molecule has 0 unspecified atom stereocenters. The van der Waals surface area contributed by atoms with E-state index >= 15 is 0 Å². The minimum absolute atomic E-state index is 0.247. The van der Waals surface area contributed by atoms with Crippen molar-refractivity contribution in [2.75, 3.05) is 19.7 Å². The lowest BCUT2D eigenvalue weighted by atomic mass is 10.4. The van der Waals surface area contributed by atoms with Gasteiger partial charge in [0.05, 0.1) is 6.07 Å². The molecule has 0 spiro atoms. The van der Waals surface area contributed by atoms with Gasteiger partial charge in [-0.05, 0) is 25.3 Å². The Balaban J connectivity index is -0.000000442. The number of nitriles is 1. The van der Waals surface area contributed by atoms with Crippen LogP contribution in [-0.2, 0) is 14.3 Å². The number of hydrogen-bond acceptors (Lipinski definition) is 5. The van der Waals surface area contributed by atoms with Gasteiger partial charge in [0.25, 0.3) is 0 Å². The summed E-state index contributed by atoms with van der Waals surface area (Å²) >= 11 is 0. The van der Waals surface area contributed by atoms with Crippen molar-refractivity contribution in [2.24, 2.45) is 5.73 Å². The van der Waals surface area contributed by atoms with Crippen LogP contribution in [0.3, 0.4) is 0 Å². The third-order valence-electron chi connectivity index (χ3n) is 2.00. The first-order valence-corrected chi connectivity index (χ1v) is 7.18. The van der Waals surface area contributed by atoms with Crippen LogP contribution in [0.4, 0.5) is 0 Å². The quantitative estimate of drug-likeness (QED) is 0.300. The Morgan fingerprint density at radius 3 is 1.92 bits per heavy atom. The maximum Gasteiger partial charge on any atom is 0.333 e. The lowest BCUT2D eigenvalue weighted by Gasteiger charge is -2.15. The standard InChI is InChI=1S/C13H19NO2.C3H5NO.C3H3N/c1-5-8-14(9-6-2)10-7-11-16-13(15)12(3)4;1-2-3(4)5;1-2-3-4/h5-7,10H,1-3,8-9,11H2,4H3;2H,1H2,(H2,4,5);2H,1H2. The molecule has 0 saturated carbocycles. The average Bonchev–Trinajstić information content (AvgIpc) is 2.59. The highest BCUT2D eigenvalue weighted by atomic mass is 16.5. The number of nitrogens with zero attached hydrogens (tertiary/aromatic N) is 2. The van der Waals surface area contributed by atoms with Crippen molar-refractivity contribution in [1.82, 2.24) is 4.90 Å². The maximum atomic E-state index is 11.0. The number of rotatable bonds is 9. The van der Waals surface area contributed by atoms with Crippen LogP contribution in [0.5, 0.6) is 0 Å². The number of esters is 1. The molecule has 0 bridgehead atoms. The van der Waals surface area contributed by atoms with E-state index in [-0.39, 0.29) is 12.6 Å². The molecule has 136 valence electrons. The molecule has 6 heteroatoms. The minimum Gasteiger partial charge on any atom is -0.458 e. The van der Waals surface area contributed by atoms with Gasteiger partial charge in [0.2, 0.25) is 5.91 Å². The Morgan fingerprint density at radius 1 is 1.20 bits per heavy atom. The van der Waals surface area contributed by atoms with Gasteiger partial charge in [-0.15, -0.1) is 13.2 Å². The molecule has 0 aromatic carbocycles. The minimum atomic E-state index is -0.481. The van der Waals surface area contributed by atoms with Crippen molar-refractivity contribution in [3.05, 3.63) is 75.0 Å². The van der Waals surface area contributed by atoms with Gasteiger partial charge in [0.1, 0.15) is 6.61 Å². The Bertz CT molecular complexity index is 519. The van der Waals surface area contributed by atoms with E-state index in [1.807, 2.05) is 11.1 Å². The van der Waals surface area contributed by atoms with Gasteiger partial charge >= 0.3 is 5.97 Å². The Hall–Kier alpha value is -3.33. The number of allylic oxidation sites excluding steroid dienone is 1. The molecule has 6 nitrogen and oxygen atoms in total. The largest absolute Gasteiger partial charge is 0.458 e. The molecule has 0 radical (unpaired) electrons. The van der Waals surface area contributed by atoms with Gasteiger partial charge in [0, 0.05) is 24.7 Å². The second kappa shape index (κ2) is 20.7. The van der Waals surface area contributed by atoms with E-state index in [0.29, 0.717) is 5.57 Å². The molecule has 0 aliphatic carbocycles. The number of ether oxygens (including phenoxy) is 1. The Morgan fingerprint density at radius 2 is 1.64 bits per heavy atom. The fraction of sp³-hybridized carbons (Fsp3) is 0.211. The zero-order valence-corrected chi connectivity index (χ0v) is 14.8. The zero-order chi connectivity index (χ0) is 20.1. The number of nitrogens with two attached hydrogens (primary N) is 1. The summed E-state index contributed by atoms with van der Waals surface area (Å²) in [4.78, 5) is 22.5. The highest BCUT2D eigenvalue weighted by Crippen LogP contribution is 1.94. The van der Waals surface area contributed by atoms with Crippen molar-refractivity contribution in [1.29, 1.82) is 5.26 Å². The van der Waals surface area contributed by atoms with Crippen molar-refractivity contribution in [3.8, 4) is 6.07 Å². The predicted octanol–water partition coefficient (Wildman–Crippen LogP) is 2.65. The molecular weight excluding hydrogens is 318 g/mol. The average molecular weight is 345 g/mol. The first kappa shape index (κ1) is 26.6. The van der Waals surface area contributed by atoms with Crippen molar-refractivity contribution >= 4 is 11.9 Å². The molecule has 0 aliphatic heterocycles. The van der Waals surface area contributed by atoms with E-state index in [1.54, 1.807) is 31.2 Å². The fourth-order valence-electron chi connectivity index (χ4n) is 0.967. The molecule has 2 N–H and O–H groups in total. The number of carbonyl (C=O) groups excluding carboxylic acids is 2. The molecule has 0 aromatic rings. The molecule has 25 heavy (non-hydrogen) atoms. The smallest absolute Gasteiger partial charge is 0.333 e. The maximum absolute atomic E-state index is 11.0.